The number of benzene rings is 2. The van der Waals surface area contributed by atoms with E-state index in [4.69, 9.17) is 14.2 Å². The average molecular weight is 300 g/mol. The summed E-state index contributed by atoms with van der Waals surface area (Å²) in [7, 11) is 1.55. The van der Waals surface area contributed by atoms with Gasteiger partial charge >= 0.3 is 5.97 Å². The van der Waals surface area contributed by atoms with Crippen LogP contribution in [0.1, 0.15) is 27.6 Å². The minimum Gasteiger partial charge on any atom is -0.497 e. The number of carbonyl (C=O) groups excluding carboxylic acids is 2. The standard InChI is InChI=1S/C17H16O5/c1-3-21-16-10-12(11-18)4-9-15(16)22-17(19)13-5-7-14(20-2)8-6-13/h4-11H,3H2,1-2H3. The normalized spacial score (nSPS) is 9.91. The van der Waals surface area contributed by atoms with Gasteiger partial charge in [-0.2, -0.15) is 0 Å². The molecular weight excluding hydrogens is 284 g/mol. The van der Waals surface area contributed by atoms with Crippen molar-refractivity contribution in [1.29, 1.82) is 0 Å². The molecule has 114 valence electrons. The third-order valence-electron chi connectivity index (χ3n) is 2.93. The molecule has 22 heavy (non-hydrogen) atoms. The van der Waals surface area contributed by atoms with Gasteiger partial charge in [0.25, 0.3) is 0 Å². The van der Waals surface area contributed by atoms with E-state index in [1.165, 1.54) is 12.1 Å². The maximum absolute atomic E-state index is 12.1. The van der Waals surface area contributed by atoms with Crippen LogP contribution in [-0.2, 0) is 0 Å². The molecular formula is C17H16O5. The van der Waals surface area contributed by atoms with Gasteiger partial charge in [-0.25, -0.2) is 4.79 Å². The number of hydrogen-bond donors (Lipinski definition) is 0. The molecule has 0 unspecified atom stereocenters. The largest absolute Gasteiger partial charge is 0.497 e. The molecule has 0 radical (unpaired) electrons. The van der Waals surface area contributed by atoms with Crippen LogP contribution in [0.4, 0.5) is 0 Å². The summed E-state index contributed by atoms with van der Waals surface area (Å²) in [6.45, 7) is 2.21. The van der Waals surface area contributed by atoms with E-state index in [2.05, 4.69) is 0 Å². The summed E-state index contributed by atoms with van der Waals surface area (Å²) in [5.74, 6) is 0.770. The Balaban J connectivity index is 2.21. The lowest BCUT2D eigenvalue weighted by atomic mass is 10.2. The number of methoxy groups -OCH3 is 1. The van der Waals surface area contributed by atoms with Crippen LogP contribution in [0.25, 0.3) is 0 Å². The molecule has 0 aliphatic heterocycles. The fourth-order valence-corrected chi connectivity index (χ4v) is 1.84. The summed E-state index contributed by atoms with van der Waals surface area (Å²) < 4.78 is 15.8. The van der Waals surface area contributed by atoms with Crippen LogP contribution in [-0.4, -0.2) is 26.0 Å². The van der Waals surface area contributed by atoms with Gasteiger partial charge in [0, 0.05) is 5.56 Å². The predicted octanol–water partition coefficient (Wildman–Crippen LogP) is 3.13. The Bertz CT molecular complexity index is 661. The lowest BCUT2D eigenvalue weighted by Gasteiger charge is -2.11. The van der Waals surface area contributed by atoms with E-state index in [1.807, 2.05) is 6.92 Å². The first-order chi connectivity index (χ1) is 10.7. The van der Waals surface area contributed by atoms with Gasteiger partial charge in [0.1, 0.15) is 12.0 Å². The zero-order valence-corrected chi connectivity index (χ0v) is 12.4. The van der Waals surface area contributed by atoms with E-state index in [-0.39, 0.29) is 5.75 Å². The third kappa shape index (κ3) is 3.63. The number of ether oxygens (including phenoxy) is 3. The summed E-state index contributed by atoms with van der Waals surface area (Å²) in [6, 6.07) is 11.2. The van der Waals surface area contributed by atoms with Crippen molar-refractivity contribution < 1.29 is 23.8 Å². The minimum absolute atomic E-state index is 0.272. The molecule has 0 bridgehead atoms. The lowest BCUT2D eigenvalue weighted by molar-refractivity contribution is 0.0728. The van der Waals surface area contributed by atoms with Crippen LogP contribution < -0.4 is 14.2 Å². The first kappa shape index (κ1) is 15.6. The Hall–Kier alpha value is -2.82. The zero-order chi connectivity index (χ0) is 15.9. The summed E-state index contributed by atoms with van der Waals surface area (Å²) in [6.07, 6.45) is 0.706. The van der Waals surface area contributed by atoms with Crippen LogP contribution in [0.3, 0.4) is 0 Å². The van der Waals surface area contributed by atoms with Gasteiger partial charge in [0.05, 0.1) is 19.3 Å². The second-order valence-electron chi connectivity index (χ2n) is 4.38. The molecule has 0 aromatic heterocycles. The number of esters is 1. The van der Waals surface area contributed by atoms with E-state index >= 15 is 0 Å². The predicted molar refractivity (Wildman–Crippen MR) is 81.0 cm³/mol. The molecule has 0 atom stereocenters. The number of carbonyl (C=O) groups is 2. The number of hydrogen-bond acceptors (Lipinski definition) is 5. The first-order valence-electron chi connectivity index (χ1n) is 6.76. The van der Waals surface area contributed by atoms with Gasteiger partial charge in [-0.15, -0.1) is 0 Å². The molecule has 2 aromatic rings. The molecule has 0 fully saturated rings. The molecule has 2 rings (SSSR count). The second-order valence-corrected chi connectivity index (χ2v) is 4.38. The molecule has 5 heteroatoms. The Kier molecular flexibility index (Phi) is 5.14. The van der Waals surface area contributed by atoms with Crippen LogP contribution in [0.15, 0.2) is 42.5 Å². The topological polar surface area (TPSA) is 61.8 Å². The van der Waals surface area contributed by atoms with Gasteiger partial charge in [0.2, 0.25) is 0 Å². The molecule has 0 spiro atoms. The van der Waals surface area contributed by atoms with Gasteiger partial charge in [-0.05, 0) is 49.4 Å². The number of aldehydes is 1. The van der Waals surface area contributed by atoms with E-state index < -0.39 is 5.97 Å². The minimum atomic E-state index is -0.512. The second kappa shape index (κ2) is 7.26. The summed E-state index contributed by atoms with van der Waals surface area (Å²) in [4.78, 5) is 22.9. The molecule has 5 nitrogen and oxygen atoms in total. The van der Waals surface area contributed by atoms with Gasteiger partial charge in [-0.3, -0.25) is 4.79 Å². The van der Waals surface area contributed by atoms with E-state index in [9.17, 15) is 9.59 Å². The maximum Gasteiger partial charge on any atom is 0.343 e. The number of rotatable bonds is 6. The zero-order valence-electron chi connectivity index (χ0n) is 12.4. The molecule has 0 N–H and O–H groups in total. The molecule has 0 aliphatic carbocycles. The SMILES string of the molecule is CCOc1cc(C=O)ccc1OC(=O)c1ccc(OC)cc1. The molecule has 2 aromatic carbocycles. The van der Waals surface area contributed by atoms with E-state index in [0.717, 1.165) is 0 Å². The summed E-state index contributed by atoms with van der Waals surface area (Å²) in [5.41, 5.74) is 0.843. The van der Waals surface area contributed by atoms with E-state index in [1.54, 1.807) is 37.4 Å². The Morgan fingerprint density at radius 2 is 1.82 bits per heavy atom. The highest BCUT2D eigenvalue weighted by Crippen LogP contribution is 2.29. The molecule has 0 heterocycles. The van der Waals surface area contributed by atoms with Crippen LogP contribution in [0, 0.1) is 0 Å². The molecule has 0 saturated carbocycles. The highest BCUT2D eigenvalue weighted by atomic mass is 16.6. The monoisotopic (exact) mass is 300 g/mol. The highest BCUT2D eigenvalue weighted by Gasteiger charge is 2.13. The van der Waals surface area contributed by atoms with Crippen molar-refractivity contribution in [3.8, 4) is 17.2 Å². The van der Waals surface area contributed by atoms with Crippen LogP contribution in [0.5, 0.6) is 17.2 Å². The average Bonchev–Trinajstić information content (AvgIpc) is 2.56. The van der Waals surface area contributed by atoms with Crippen molar-refractivity contribution in [2.45, 2.75) is 6.92 Å². The lowest BCUT2D eigenvalue weighted by Crippen LogP contribution is -2.09. The van der Waals surface area contributed by atoms with E-state index in [0.29, 0.717) is 35.5 Å². The summed E-state index contributed by atoms with van der Waals surface area (Å²) in [5, 5.41) is 0. The van der Waals surface area contributed by atoms with Gasteiger partial charge < -0.3 is 14.2 Å². The van der Waals surface area contributed by atoms with Crippen molar-refractivity contribution in [3.05, 3.63) is 53.6 Å². The fourth-order valence-electron chi connectivity index (χ4n) is 1.84. The smallest absolute Gasteiger partial charge is 0.343 e. The van der Waals surface area contributed by atoms with Gasteiger partial charge in [-0.1, -0.05) is 0 Å². The van der Waals surface area contributed by atoms with Crippen molar-refractivity contribution >= 4 is 12.3 Å². The molecule has 0 saturated heterocycles. The summed E-state index contributed by atoms with van der Waals surface area (Å²) >= 11 is 0. The quantitative estimate of drug-likeness (QED) is 0.466. The Morgan fingerprint density at radius 1 is 1.09 bits per heavy atom. The van der Waals surface area contributed by atoms with Crippen molar-refractivity contribution in [3.63, 3.8) is 0 Å². The first-order valence-corrected chi connectivity index (χ1v) is 6.76. The maximum atomic E-state index is 12.1. The molecule has 0 amide bonds. The third-order valence-corrected chi connectivity index (χ3v) is 2.93. The Morgan fingerprint density at radius 3 is 2.41 bits per heavy atom. The van der Waals surface area contributed by atoms with Crippen molar-refractivity contribution in [1.82, 2.24) is 0 Å². The van der Waals surface area contributed by atoms with Crippen molar-refractivity contribution in [2.24, 2.45) is 0 Å². The van der Waals surface area contributed by atoms with Crippen LogP contribution >= 0.6 is 0 Å². The van der Waals surface area contributed by atoms with Gasteiger partial charge in [0.15, 0.2) is 11.5 Å². The Labute approximate surface area is 128 Å². The van der Waals surface area contributed by atoms with Crippen molar-refractivity contribution in [2.75, 3.05) is 13.7 Å². The molecule has 0 aliphatic rings. The van der Waals surface area contributed by atoms with Crippen LogP contribution in [0.2, 0.25) is 0 Å². The highest BCUT2D eigenvalue weighted by molar-refractivity contribution is 5.91. The fraction of sp³-hybridized carbons (Fsp3) is 0.176.